The lowest BCUT2D eigenvalue weighted by Gasteiger charge is -2.18. The van der Waals surface area contributed by atoms with E-state index in [2.05, 4.69) is 20.8 Å². The normalized spacial score (nSPS) is 11.5. The molecule has 26 heavy (non-hydrogen) atoms. The van der Waals surface area contributed by atoms with E-state index in [0.29, 0.717) is 7.92 Å². The van der Waals surface area contributed by atoms with Crippen LogP contribution in [0.4, 0.5) is 0 Å². The molecule has 0 atom stereocenters. The first kappa shape index (κ1) is 26.4. The molecule has 0 aliphatic carbocycles. The molecule has 0 aromatic carbocycles. The number of hydrogen-bond acceptors (Lipinski definition) is 0. The molecule has 0 aliphatic rings. The lowest BCUT2D eigenvalue weighted by Crippen LogP contribution is -1.97. The lowest BCUT2D eigenvalue weighted by atomic mass is 10.1. The van der Waals surface area contributed by atoms with Crippen LogP contribution in [0, 0.1) is 0 Å². The van der Waals surface area contributed by atoms with Crippen molar-refractivity contribution >= 4 is 7.92 Å². The predicted octanol–water partition coefficient (Wildman–Crippen LogP) is 9.94. The number of unbranched alkanes of at least 4 members (excludes halogenated alkanes) is 16. The molecule has 0 aromatic heterocycles. The van der Waals surface area contributed by atoms with Gasteiger partial charge in [0.1, 0.15) is 0 Å². The zero-order valence-corrected chi connectivity index (χ0v) is 19.9. The summed E-state index contributed by atoms with van der Waals surface area (Å²) < 4.78 is 0. The first-order valence-electron chi connectivity index (χ1n) is 12.6. The Bertz CT molecular complexity index is 218. The first-order valence-corrected chi connectivity index (χ1v) is 14.5. The smallest absolute Gasteiger partial charge is 0.0326 e. The number of rotatable bonds is 22. The third-order valence-electron chi connectivity index (χ3n) is 5.73. The van der Waals surface area contributed by atoms with Crippen LogP contribution in [0.1, 0.15) is 143 Å². The maximum atomic E-state index is 2.35. The standard InChI is InChI=1S/C25H53P/c1-4-7-10-12-14-16-18-21-24-26(23-20-9-6-3)25-22-19-17-15-13-11-8-5-2/h4-25H2,1-3H3. The first-order chi connectivity index (χ1) is 12.8. The van der Waals surface area contributed by atoms with Crippen molar-refractivity contribution in [3.05, 3.63) is 0 Å². The van der Waals surface area contributed by atoms with Gasteiger partial charge in [-0.15, -0.1) is 7.92 Å². The second kappa shape index (κ2) is 23.5. The van der Waals surface area contributed by atoms with E-state index in [4.69, 9.17) is 0 Å². The van der Waals surface area contributed by atoms with Crippen LogP contribution in [0.5, 0.6) is 0 Å². The Balaban J connectivity index is 3.63. The zero-order valence-electron chi connectivity index (χ0n) is 19.0. The highest BCUT2D eigenvalue weighted by Crippen LogP contribution is 2.39. The van der Waals surface area contributed by atoms with Crippen molar-refractivity contribution in [1.29, 1.82) is 0 Å². The molecule has 0 heterocycles. The second-order valence-corrected chi connectivity index (χ2v) is 11.2. The van der Waals surface area contributed by atoms with Crippen molar-refractivity contribution in [3.63, 3.8) is 0 Å². The Kier molecular flexibility index (Phi) is 23.9. The van der Waals surface area contributed by atoms with E-state index in [1.165, 1.54) is 122 Å². The van der Waals surface area contributed by atoms with Crippen LogP contribution >= 0.6 is 7.92 Å². The van der Waals surface area contributed by atoms with Crippen LogP contribution in [0.2, 0.25) is 0 Å². The minimum Gasteiger partial charge on any atom is -0.107 e. The van der Waals surface area contributed by atoms with Crippen molar-refractivity contribution in [2.75, 3.05) is 18.5 Å². The summed E-state index contributed by atoms with van der Waals surface area (Å²) in [6.45, 7) is 6.97. The van der Waals surface area contributed by atoms with Crippen LogP contribution in [-0.2, 0) is 0 Å². The van der Waals surface area contributed by atoms with Gasteiger partial charge in [0, 0.05) is 0 Å². The highest BCUT2D eigenvalue weighted by molar-refractivity contribution is 7.57. The molecule has 0 saturated heterocycles. The highest BCUT2D eigenvalue weighted by atomic mass is 31.1. The van der Waals surface area contributed by atoms with Gasteiger partial charge in [-0.3, -0.25) is 0 Å². The van der Waals surface area contributed by atoms with Crippen molar-refractivity contribution in [3.8, 4) is 0 Å². The molecule has 0 N–H and O–H groups in total. The monoisotopic (exact) mass is 384 g/mol. The fraction of sp³-hybridized carbons (Fsp3) is 1.00. The average Bonchev–Trinajstić information content (AvgIpc) is 2.65. The van der Waals surface area contributed by atoms with Crippen LogP contribution in [0.3, 0.4) is 0 Å². The van der Waals surface area contributed by atoms with E-state index >= 15 is 0 Å². The molecule has 0 saturated carbocycles. The predicted molar refractivity (Wildman–Crippen MR) is 126 cm³/mol. The molecule has 158 valence electrons. The van der Waals surface area contributed by atoms with Crippen molar-refractivity contribution in [2.45, 2.75) is 143 Å². The summed E-state index contributed by atoms with van der Waals surface area (Å²) >= 11 is 0. The Hall–Kier alpha value is 0.430. The molecule has 0 unspecified atom stereocenters. The largest absolute Gasteiger partial charge is 0.107 e. The van der Waals surface area contributed by atoms with Gasteiger partial charge in [0.2, 0.25) is 0 Å². The summed E-state index contributed by atoms with van der Waals surface area (Å²) in [6.07, 6.45) is 32.7. The fourth-order valence-electron chi connectivity index (χ4n) is 3.86. The highest BCUT2D eigenvalue weighted by Gasteiger charge is 2.07. The third kappa shape index (κ3) is 20.7. The molecule has 0 amide bonds. The SMILES string of the molecule is CCCCCCCCCCP(CCCCC)CCCCCCCCCC. The van der Waals surface area contributed by atoms with Gasteiger partial charge in [-0.1, -0.05) is 124 Å². The van der Waals surface area contributed by atoms with Crippen molar-refractivity contribution in [1.82, 2.24) is 0 Å². The van der Waals surface area contributed by atoms with E-state index in [1.54, 1.807) is 18.5 Å². The molecule has 0 nitrogen and oxygen atoms in total. The Morgan fingerprint density at radius 1 is 0.308 bits per heavy atom. The van der Waals surface area contributed by atoms with Gasteiger partial charge in [-0.2, -0.15) is 0 Å². The maximum absolute atomic E-state index is 2.35. The van der Waals surface area contributed by atoms with Crippen LogP contribution < -0.4 is 0 Å². The van der Waals surface area contributed by atoms with E-state index in [0.717, 1.165) is 0 Å². The molecule has 0 radical (unpaired) electrons. The topological polar surface area (TPSA) is 0 Å². The van der Waals surface area contributed by atoms with Gasteiger partial charge < -0.3 is 0 Å². The molecule has 0 rings (SSSR count). The Morgan fingerprint density at radius 2 is 0.538 bits per heavy atom. The van der Waals surface area contributed by atoms with Gasteiger partial charge in [0.05, 0.1) is 0 Å². The Morgan fingerprint density at radius 3 is 0.885 bits per heavy atom. The average molecular weight is 385 g/mol. The Labute approximate surface area is 169 Å². The lowest BCUT2D eigenvalue weighted by molar-refractivity contribution is 0.583. The minimum atomic E-state index is 0.367. The van der Waals surface area contributed by atoms with Crippen LogP contribution in [-0.4, -0.2) is 18.5 Å². The van der Waals surface area contributed by atoms with Gasteiger partial charge in [0.15, 0.2) is 0 Å². The molecule has 0 aromatic rings. The van der Waals surface area contributed by atoms with E-state index in [1.807, 2.05) is 0 Å². The summed E-state index contributed by atoms with van der Waals surface area (Å²) in [7, 11) is 0.367. The second-order valence-electron chi connectivity index (χ2n) is 8.50. The summed E-state index contributed by atoms with van der Waals surface area (Å²) in [5.41, 5.74) is 0. The molecular weight excluding hydrogens is 331 g/mol. The molecule has 1 heteroatoms. The molecule has 0 fully saturated rings. The van der Waals surface area contributed by atoms with E-state index < -0.39 is 0 Å². The zero-order chi connectivity index (χ0) is 19.1. The van der Waals surface area contributed by atoms with Gasteiger partial charge in [-0.05, 0) is 37.7 Å². The van der Waals surface area contributed by atoms with E-state index in [-0.39, 0.29) is 0 Å². The molecule has 0 aliphatic heterocycles. The van der Waals surface area contributed by atoms with Gasteiger partial charge >= 0.3 is 0 Å². The summed E-state index contributed by atoms with van der Waals surface area (Å²) in [5, 5.41) is 0. The molecular formula is C25H53P. The summed E-state index contributed by atoms with van der Waals surface area (Å²) in [6, 6.07) is 0. The van der Waals surface area contributed by atoms with Gasteiger partial charge in [-0.25, -0.2) is 0 Å². The van der Waals surface area contributed by atoms with Crippen molar-refractivity contribution < 1.29 is 0 Å². The quantitative estimate of drug-likeness (QED) is 0.129. The van der Waals surface area contributed by atoms with Crippen LogP contribution in [0.25, 0.3) is 0 Å². The molecule has 0 spiro atoms. The fourth-order valence-corrected chi connectivity index (χ4v) is 6.54. The maximum Gasteiger partial charge on any atom is -0.0326 e. The molecule has 0 bridgehead atoms. The van der Waals surface area contributed by atoms with Crippen molar-refractivity contribution in [2.24, 2.45) is 0 Å². The number of hydrogen-bond donors (Lipinski definition) is 0. The van der Waals surface area contributed by atoms with E-state index in [9.17, 15) is 0 Å². The minimum absolute atomic E-state index is 0.367. The third-order valence-corrected chi connectivity index (χ3v) is 8.58. The van der Waals surface area contributed by atoms with Gasteiger partial charge in [0.25, 0.3) is 0 Å². The summed E-state index contributed by atoms with van der Waals surface area (Å²) in [4.78, 5) is 0. The summed E-state index contributed by atoms with van der Waals surface area (Å²) in [5.74, 6) is 0. The van der Waals surface area contributed by atoms with Crippen LogP contribution in [0.15, 0.2) is 0 Å².